The second-order valence-electron chi connectivity index (χ2n) is 4.86. The van der Waals surface area contributed by atoms with E-state index in [2.05, 4.69) is 17.3 Å². The van der Waals surface area contributed by atoms with Crippen LogP contribution in [0.15, 0.2) is 0 Å². The molecule has 2 aliphatic rings. The molecule has 0 amide bonds. The van der Waals surface area contributed by atoms with Crippen LogP contribution in [-0.2, 0) is 0 Å². The molecule has 0 spiro atoms. The number of aliphatic hydroxyl groups is 1. The molecule has 0 bridgehead atoms. The molecule has 2 aliphatic carbocycles. The summed E-state index contributed by atoms with van der Waals surface area (Å²) in [6.45, 7) is 1.59. The average Bonchev–Trinajstić information content (AvgIpc) is 2.79. The molecule has 2 rings (SSSR count). The molecule has 0 aromatic heterocycles. The Balaban J connectivity index is 1.57. The molecule has 0 aromatic rings. The summed E-state index contributed by atoms with van der Waals surface area (Å²) in [6.07, 6.45) is 6.40. The predicted molar refractivity (Wildman–Crippen MR) is 57.3 cm³/mol. The lowest BCUT2D eigenvalue weighted by molar-refractivity contribution is 0.0772. The molecule has 0 saturated heterocycles. The SMILES string of the molecule is CN(CC(O)CNC1CC1)C1CCC1. The van der Waals surface area contributed by atoms with Crippen LogP contribution in [0.3, 0.4) is 0 Å². The van der Waals surface area contributed by atoms with E-state index in [4.69, 9.17) is 0 Å². The van der Waals surface area contributed by atoms with Crippen molar-refractivity contribution in [2.45, 2.75) is 50.3 Å². The van der Waals surface area contributed by atoms with Crippen LogP contribution in [0.2, 0.25) is 0 Å². The Hall–Kier alpha value is -0.120. The summed E-state index contributed by atoms with van der Waals surface area (Å²) in [6, 6.07) is 1.45. The largest absolute Gasteiger partial charge is 0.390 e. The lowest BCUT2D eigenvalue weighted by Gasteiger charge is -2.35. The molecule has 2 fully saturated rings. The van der Waals surface area contributed by atoms with Gasteiger partial charge >= 0.3 is 0 Å². The summed E-state index contributed by atoms with van der Waals surface area (Å²) < 4.78 is 0. The van der Waals surface area contributed by atoms with Crippen molar-refractivity contribution in [3.05, 3.63) is 0 Å². The minimum Gasteiger partial charge on any atom is -0.390 e. The lowest BCUT2D eigenvalue weighted by atomic mass is 9.92. The standard InChI is InChI=1S/C11H22N2O/c1-13(10-3-2-4-10)8-11(14)7-12-9-5-6-9/h9-12,14H,2-8H2,1H3. The highest BCUT2D eigenvalue weighted by molar-refractivity contribution is 4.83. The topological polar surface area (TPSA) is 35.5 Å². The van der Waals surface area contributed by atoms with Crippen molar-refractivity contribution >= 4 is 0 Å². The van der Waals surface area contributed by atoms with E-state index in [1.54, 1.807) is 0 Å². The van der Waals surface area contributed by atoms with Gasteiger partial charge < -0.3 is 15.3 Å². The number of rotatable bonds is 6. The first kappa shape index (κ1) is 10.4. The molecule has 0 radical (unpaired) electrons. The molecule has 0 aliphatic heterocycles. The van der Waals surface area contributed by atoms with Gasteiger partial charge in [0.15, 0.2) is 0 Å². The average molecular weight is 198 g/mol. The van der Waals surface area contributed by atoms with Crippen molar-refractivity contribution in [3.8, 4) is 0 Å². The van der Waals surface area contributed by atoms with Crippen molar-refractivity contribution in [1.29, 1.82) is 0 Å². The Bertz CT molecular complexity index is 178. The van der Waals surface area contributed by atoms with Gasteiger partial charge in [0.25, 0.3) is 0 Å². The van der Waals surface area contributed by atoms with Crippen molar-refractivity contribution in [2.24, 2.45) is 0 Å². The molecule has 82 valence electrons. The van der Waals surface area contributed by atoms with Crippen molar-refractivity contribution in [2.75, 3.05) is 20.1 Å². The van der Waals surface area contributed by atoms with Crippen LogP contribution in [0, 0.1) is 0 Å². The van der Waals surface area contributed by atoms with Crippen LogP contribution < -0.4 is 5.32 Å². The van der Waals surface area contributed by atoms with Crippen molar-refractivity contribution in [3.63, 3.8) is 0 Å². The van der Waals surface area contributed by atoms with Crippen LogP contribution in [-0.4, -0.2) is 48.3 Å². The first-order valence-electron chi connectivity index (χ1n) is 5.87. The fourth-order valence-corrected chi connectivity index (χ4v) is 1.96. The Kier molecular flexibility index (Phi) is 3.42. The highest BCUT2D eigenvalue weighted by atomic mass is 16.3. The smallest absolute Gasteiger partial charge is 0.0791 e. The number of aliphatic hydroxyl groups excluding tert-OH is 1. The number of hydrogen-bond acceptors (Lipinski definition) is 3. The molecule has 1 unspecified atom stereocenters. The summed E-state index contributed by atoms with van der Waals surface area (Å²) in [4.78, 5) is 2.31. The molecule has 0 heterocycles. The molecular weight excluding hydrogens is 176 g/mol. The van der Waals surface area contributed by atoms with Gasteiger partial charge in [-0.3, -0.25) is 0 Å². The molecule has 3 heteroatoms. The number of hydrogen-bond donors (Lipinski definition) is 2. The maximum Gasteiger partial charge on any atom is 0.0791 e. The van der Waals surface area contributed by atoms with Gasteiger partial charge in [-0.15, -0.1) is 0 Å². The van der Waals surface area contributed by atoms with E-state index in [0.29, 0.717) is 6.04 Å². The summed E-state index contributed by atoms with van der Waals surface area (Å²) in [5.41, 5.74) is 0. The summed E-state index contributed by atoms with van der Waals surface area (Å²) in [7, 11) is 2.13. The second-order valence-corrected chi connectivity index (χ2v) is 4.86. The third-order valence-corrected chi connectivity index (χ3v) is 3.42. The maximum atomic E-state index is 9.76. The van der Waals surface area contributed by atoms with Crippen LogP contribution in [0.4, 0.5) is 0 Å². The minimum atomic E-state index is -0.193. The zero-order valence-electron chi connectivity index (χ0n) is 9.08. The van der Waals surface area contributed by atoms with Crippen molar-refractivity contribution in [1.82, 2.24) is 10.2 Å². The van der Waals surface area contributed by atoms with Crippen LogP contribution in [0.1, 0.15) is 32.1 Å². The normalized spacial score (nSPS) is 25.1. The summed E-state index contributed by atoms with van der Waals surface area (Å²) in [5.74, 6) is 0. The van der Waals surface area contributed by atoms with E-state index in [0.717, 1.165) is 19.1 Å². The van der Waals surface area contributed by atoms with Gasteiger partial charge in [0, 0.05) is 25.2 Å². The fourth-order valence-electron chi connectivity index (χ4n) is 1.96. The van der Waals surface area contributed by atoms with Crippen molar-refractivity contribution < 1.29 is 5.11 Å². The van der Waals surface area contributed by atoms with Crippen LogP contribution in [0.25, 0.3) is 0 Å². The maximum absolute atomic E-state index is 9.76. The van der Waals surface area contributed by atoms with E-state index < -0.39 is 0 Å². The van der Waals surface area contributed by atoms with Gasteiger partial charge in [0.2, 0.25) is 0 Å². The highest BCUT2D eigenvalue weighted by Gasteiger charge is 2.25. The lowest BCUT2D eigenvalue weighted by Crippen LogP contribution is -2.44. The molecule has 2 N–H and O–H groups in total. The molecule has 2 saturated carbocycles. The third-order valence-electron chi connectivity index (χ3n) is 3.42. The van der Waals surface area contributed by atoms with Gasteiger partial charge in [-0.25, -0.2) is 0 Å². The number of nitrogens with zero attached hydrogens (tertiary/aromatic N) is 1. The Morgan fingerprint density at radius 3 is 2.57 bits per heavy atom. The first-order valence-corrected chi connectivity index (χ1v) is 5.87. The van der Waals surface area contributed by atoms with E-state index in [1.165, 1.54) is 32.1 Å². The zero-order chi connectivity index (χ0) is 9.97. The van der Waals surface area contributed by atoms with Gasteiger partial charge in [-0.05, 0) is 32.7 Å². The van der Waals surface area contributed by atoms with Crippen LogP contribution >= 0.6 is 0 Å². The fraction of sp³-hybridized carbons (Fsp3) is 1.00. The second kappa shape index (κ2) is 4.60. The van der Waals surface area contributed by atoms with E-state index in [-0.39, 0.29) is 6.10 Å². The van der Waals surface area contributed by atoms with Gasteiger partial charge in [-0.1, -0.05) is 6.42 Å². The van der Waals surface area contributed by atoms with E-state index in [9.17, 15) is 5.11 Å². The third kappa shape index (κ3) is 2.94. The molecular formula is C11H22N2O. The quantitative estimate of drug-likeness (QED) is 0.655. The van der Waals surface area contributed by atoms with Gasteiger partial charge in [0.05, 0.1) is 6.10 Å². The minimum absolute atomic E-state index is 0.193. The van der Waals surface area contributed by atoms with Gasteiger partial charge in [0.1, 0.15) is 0 Å². The van der Waals surface area contributed by atoms with Crippen LogP contribution in [0.5, 0.6) is 0 Å². The highest BCUT2D eigenvalue weighted by Crippen LogP contribution is 2.23. The molecule has 0 aromatic carbocycles. The summed E-state index contributed by atoms with van der Waals surface area (Å²) >= 11 is 0. The predicted octanol–water partition coefficient (Wildman–Crippen LogP) is 0.584. The van der Waals surface area contributed by atoms with Gasteiger partial charge in [-0.2, -0.15) is 0 Å². The van der Waals surface area contributed by atoms with E-state index >= 15 is 0 Å². The first-order chi connectivity index (χ1) is 6.75. The number of nitrogens with one attached hydrogen (secondary N) is 1. The zero-order valence-corrected chi connectivity index (χ0v) is 9.08. The number of likely N-dealkylation sites (N-methyl/N-ethyl adjacent to an activating group) is 1. The molecule has 3 nitrogen and oxygen atoms in total. The monoisotopic (exact) mass is 198 g/mol. The summed E-state index contributed by atoms with van der Waals surface area (Å²) in [5, 5.41) is 13.1. The molecule has 14 heavy (non-hydrogen) atoms. The Labute approximate surface area is 86.5 Å². The Morgan fingerprint density at radius 2 is 2.07 bits per heavy atom. The molecule has 1 atom stereocenters. The Morgan fingerprint density at radius 1 is 1.36 bits per heavy atom. The van der Waals surface area contributed by atoms with E-state index in [1.807, 2.05) is 0 Å².